The summed E-state index contributed by atoms with van der Waals surface area (Å²) >= 11 is 0. The molecule has 0 saturated carbocycles. The zero-order chi connectivity index (χ0) is 19.9. The Morgan fingerprint density at radius 3 is 2.33 bits per heavy atom. The van der Waals surface area contributed by atoms with Crippen LogP contribution in [0, 0.1) is 5.82 Å². The van der Waals surface area contributed by atoms with Crippen LogP contribution in [0.2, 0.25) is 0 Å². The Morgan fingerprint density at radius 2 is 1.70 bits per heavy atom. The second-order valence-corrected chi connectivity index (χ2v) is 7.49. The van der Waals surface area contributed by atoms with Gasteiger partial charge in [-0.2, -0.15) is 0 Å². The second kappa shape index (κ2) is 9.24. The van der Waals surface area contributed by atoms with E-state index in [1.54, 1.807) is 18.2 Å². The standard InChI is InChI=1S/C18H20FN3O4S/c1-13(23)22-15-6-8-16(9-7-15)27(25,26)21-12-18(24)20-11-10-14-4-2-3-5-17(14)19/h2-9,21H,10-12H2,1H3,(H,20,24)(H,22,23). The van der Waals surface area contributed by atoms with Crippen molar-refractivity contribution in [2.75, 3.05) is 18.4 Å². The van der Waals surface area contributed by atoms with E-state index in [0.29, 0.717) is 17.7 Å². The maximum absolute atomic E-state index is 13.5. The normalized spacial score (nSPS) is 11.0. The number of nitrogens with one attached hydrogen (secondary N) is 3. The Morgan fingerprint density at radius 1 is 1.04 bits per heavy atom. The first-order valence-corrected chi connectivity index (χ1v) is 9.63. The SMILES string of the molecule is CC(=O)Nc1ccc(S(=O)(=O)NCC(=O)NCCc2ccccc2F)cc1. The molecule has 0 aliphatic heterocycles. The van der Waals surface area contributed by atoms with Gasteiger partial charge in [0.25, 0.3) is 0 Å². The van der Waals surface area contributed by atoms with Crippen LogP contribution in [0.15, 0.2) is 53.4 Å². The minimum Gasteiger partial charge on any atom is -0.355 e. The highest BCUT2D eigenvalue weighted by Gasteiger charge is 2.15. The Bertz CT molecular complexity index is 914. The molecule has 27 heavy (non-hydrogen) atoms. The van der Waals surface area contributed by atoms with Crippen molar-refractivity contribution in [2.45, 2.75) is 18.2 Å². The lowest BCUT2D eigenvalue weighted by Crippen LogP contribution is -2.37. The molecular formula is C18H20FN3O4S. The molecule has 144 valence electrons. The summed E-state index contributed by atoms with van der Waals surface area (Å²) in [4.78, 5) is 22.7. The number of rotatable bonds is 8. The molecule has 0 spiro atoms. The fourth-order valence-corrected chi connectivity index (χ4v) is 3.25. The van der Waals surface area contributed by atoms with Crippen molar-refractivity contribution in [3.8, 4) is 0 Å². The van der Waals surface area contributed by atoms with Crippen molar-refractivity contribution in [2.24, 2.45) is 0 Å². The van der Waals surface area contributed by atoms with Crippen molar-refractivity contribution < 1.29 is 22.4 Å². The molecule has 0 bridgehead atoms. The molecule has 2 rings (SSSR count). The molecule has 0 saturated heterocycles. The van der Waals surface area contributed by atoms with Crippen molar-refractivity contribution in [1.82, 2.24) is 10.0 Å². The molecule has 2 aromatic rings. The Hall–Kier alpha value is -2.78. The van der Waals surface area contributed by atoms with Crippen LogP contribution < -0.4 is 15.4 Å². The van der Waals surface area contributed by atoms with Gasteiger partial charge in [0.05, 0.1) is 11.4 Å². The fraction of sp³-hybridized carbons (Fsp3) is 0.222. The molecule has 0 aliphatic rings. The van der Waals surface area contributed by atoms with Gasteiger partial charge in [-0.25, -0.2) is 17.5 Å². The lowest BCUT2D eigenvalue weighted by atomic mass is 10.1. The van der Waals surface area contributed by atoms with Crippen LogP contribution in [-0.4, -0.2) is 33.3 Å². The number of anilines is 1. The number of carbonyl (C=O) groups is 2. The molecule has 0 unspecified atom stereocenters. The van der Waals surface area contributed by atoms with E-state index in [0.717, 1.165) is 0 Å². The van der Waals surface area contributed by atoms with E-state index in [1.807, 2.05) is 0 Å². The lowest BCUT2D eigenvalue weighted by molar-refractivity contribution is -0.120. The minimum absolute atomic E-state index is 0.0317. The summed E-state index contributed by atoms with van der Waals surface area (Å²) in [5.74, 6) is -1.14. The van der Waals surface area contributed by atoms with Gasteiger partial charge in [-0.1, -0.05) is 18.2 Å². The Balaban J connectivity index is 1.82. The van der Waals surface area contributed by atoms with Crippen molar-refractivity contribution in [3.05, 3.63) is 59.9 Å². The van der Waals surface area contributed by atoms with Gasteiger partial charge < -0.3 is 10.6 Å². The summed E-state index contributed by atoms with van der Waals surface area (Å²) in [6, 6.07) is 11.8. The number of amides is 2. The van der Waals surface area contributed by atoms with Gasteiger partial charge in [-0.15, -0.1) is 0 Å². The highest BCUT2D eigenvalue weighted by atomic mass is 32.2. The summed E-state index contributed by atoms with van der Waals surface area (Å²) in [5, 5.41) is 5.06. The molecule has 0 aliphatic carbocycles. The maximum Gasteiger partial charge on any atom is 0.241 e. The monoisotopic (exact) mass is 393 g/mol. The summed E-state index contributed by atoms with van der Waals surface area (Å²) in [5.41, 5.74) is 0.935. The minimum atomic E-state index is -3.87. The third-order valence-electron chi connectivity index (χ3n) is 3.58. The average molecular weight is 393 g/mol. The molecule has 0 radical (unpaired) electrons. The van der Waals surface area contributed by atoms with E-state index in [9.17, 15) is 22.4 Å². The third-order valence-corrected chi connectivity index (χ3v) is 5.00. The van der Waals surface area contributed by atoms with Gasteiger partial charge in [0.1, 0.15) is 5.82 Å². The smallest absolute Gasteiger partial charge is 0.241 e. The predicted molar refractivity (Wildman–Crippen MR) is 99.0 cm³/mol. The summed E-state index contributed by atoms with van der Waals surface area (Å²) in [6.07, 6.45) is 0.301. The molecule has 0 atom stereocenters. The van der Waals surface area contributed by atoms with Crippen LogP contribution in [-0.2, 0) is 26.0 Å². The molecule has 9 heteroatoms. The number of hydrogen-bond donors (Lipinski definition) is 3. The molecule has 0 aromatic heterocycles. The van der Waals surface area contributed by atoms with Gasteiger partial charge in [-0.3, -0.25) is 9.59 Å². The molecule has 7 nitrogen and oxygen atoms in total. The summed E-state index contributed by atoms with van der Waals surface area (Å²) < 4.78 is 40.0. The van der Waals surface area contributed by atoms with Gasteiger partial charge in [0, 0.05) is 19.2 Å². The predicted octanol–water partition coefficient (Wildman–Crippen LogP) is 1.42. The summed E-state index contributed by atoms with van der Waals surface area (Å²) in [7, 11) is -3.87. The summed E-state index contributed by atoms with van der Waals surface area (Å²) in [6.45, 7) is 1.09. The molecular weight excluding hydrogens is 373 g/mol. The molecule has 2 aromatic carbocycles. The van der Waals surface area contributed by atoms with Crippen molar-refractivity contribution in [1.29, 1.82) is 0 Å². The average Bonchev–Trinajstić information content (AvgIpc) is 2.62. The molecule has 0 fully saturated rings. The number of halogens is 1. The van der Waals surface area contributed by atoms with E-state index in [4.69, 9.17) is 0 Å². The van der Waals surface area contributed by atoms with Crippen LogP contribution in [0.1, 0.15) is 12.5 Å². The van der Waals surface area contributed by atoms with Gasteiger partial charge >= 0.3 is 0 Å². The highest BCUT2D eigenvalue weighted by Crippen LogP contribution is 2.13. The van der Waals surface area contributed by atoms with E-state index in [-0.39, 0.29) is 23.2 Å². The largest absolute Gasteiger partial charge is 0.355 e. The van der Waals surface area contributed by atoms with Gasteiger partial charge in [-0.05, 0) is 42.3 Å². The number of sulfonamides is 1. The lowest BCUT2D eigenvalue weighted by Gasteiger charge is -2.09. The molecule has 3 N–H and O–H groups in total. The van der Waals surface area contributed by atoms with Gasteiger partial charge in [0.15, 0.2) is 0 Å². The highest BCUT2D eigenvalue weighted by molar-refractivity contribution is 7.89. The molecule has 2 amide bonds. The van der Waals surface area contributed by atoms with E-state index < -0.39 is 22.5 Å². The van der Waals surface area contributed by atoms with Crippen LogP contribution in [0.5, 0.6) is 0 Å². The Kier molecular flexibility index (Phi) is 7.03. The fourth-order valence-electron chi connectivity index (χ4n) is 2.26. The second-order valence-electron chi connectivity index (χ2n) is 5.72. The molecule has 0 heterocycles. The first-order valence-electron chi connectivity index (χ1n) is 8.15. The number of hydrogen-bond acceptors (Lipinski definition) is 4. The van der Waals surface area contributed by atoms with E-state index in [2.05, 4.69) is 15.4 Å². The van der Waals surface area contributed by atoms with Crippen LogP contribution >= 0.6 is 0 Å². The number of carbonyl (C=O) groups excluding carboxylic acids is 2. The van der Waals surface area contributed by atoms with Crippen LogP contribution in [0.4, 0.5) is 10.1 Å². The van der Waals surface area contributed by atoms with E-state index in [1.165, 1.54) is 37.3 Å². The van der Waals surface area contributed by atoms with Crippen LogP contribution in [0.25, 0.3) is 0 Å². The van der Waals surface area contributed by atoms with Gasteiger partial charge in [0.2, 0.25) is 21.8 Å². The number of benzene rings is 2. The first kappa shape index (κ1) is 20.5. The van der Waals surface area contributed by atoms with E-state index >= 15 is 0 Å². The van der Waals surface area contributed by atoms with Crippen molar-refractivity contribution in [3.63, 3.8) is 0 Å². The van der Waals surface area contributed by atoms with Crippen LogP contribution in [0.3, 0.4) is 0 Å². The zero-order valence-corrected chi connectivity index (χ0v) is 15.5. The zero-order valence-electron chi connectivity index (χ0n) is 14.7. The maximum atomic E-state index is 13.5. The topological polar surface area (TPSA) is 104 Å². The quantitative estimate of drug-likeness (QED) is 0.631. The third kappa shape index (κ3) is 6.46. The Labute approximate surface area is 157 Å². The first-order chi connectivity index (χ1) is 12.8. The van der Waals surface area contributed by atoms with Crippen molar-refractivity contribution >= 4 is 27.5 Å².